The highest BCUT2D eigenvalue weighted by molar-refractivity contribution is 8.24. The molecule has 2 fully saturated rings. The lowest BCUT2D eigenvalue weighted by molar-refractivity contribution is 0.478. The molecule has 2 aliphatic rings. The first kappa shape index (κ1) is 25.8. The highest BCUT2D eigenvalue weighted by Gasteiger charge is 2.37. The van der Waals surface area contributed by atoms with E-state index < -0.39 is 10.6 Å². The van der Waals surface area contributed by atoms with E-state index in [1.165, 1.54) is 24.3 Å². The molecule has 0 spiro atoms. The van der Waals surface area contributed by atoms with E-state index in [1.54, 1.807) is 22.9 Å². The van der Waals surface area contributed by atoms with Crippen LogP contribution in [0.1, 0.15) is 35.6 Å². The first-order valence-corrected chi connectivity index (χ1v) is 14.5. The van der Waals surface area contributed by atoms with Crippen molar-refractivity contribution in [2.45, 2.75) is 37.8 Å². The number of halogens is 2. The van der Waals surface area contributed by atoms with Gasteiger partial charge in [0, 0.05) is 31.2 Å². The van der Waals surface area contributed by atoms with Gasteiger partial charge in [-0.1, -0.05) is 24.3 Å². The molecule has 1 aliphatic heterocycles. The minimum absolute atomic E-state index is 0.219. The Labute approximate surface area is 216 Å². The van der Waals surface area contributed by atoms with Crippen molar-refractivity contribution in [3.63, 3.8) is 0 Å². The van der Waals surface area contributed by atoms with Crippen LogP contribution >= 0.6 is 10.6 Å². The summed E-state index contributed by atoms with van der Waals surface area (Å²) in [6.45, 7) is 1.81. The summed E-state index contributed by atoms with van der Waals surface area (Å²) < 4.78 is 48.1. The van der Waals surface area contributed by atoms with Gasteiger partial charge in [-0.05, 0) is 61.2 Å². The van der Waals surface area contributed by atoms with Crippen LogP contribution in [0.2, 0.25) is 0 Å². The van der Waals surface area contributed by atoms with Crippen LogP contribution in [0.4, 0.5) is 14.6 Å². The molecule has 1 aromatic heterocycles. The smallest absolute Gasteiger partial charge is 0.293 e. The minimum atomic E-state index is -2.60. The van der Waals surface area contributed by atoms with Gasteiger partial charge >= 0.3 is 0 Å². The maximum absolute atomic E-state index is 13.4. The highest BCUT2D eigenvalue weighted by atomic mass is 32.3. The highest BCUT2D eigenvalue weighted by Crippen LogP contribution is 2.41. The summed E-state index contributed by atoms with van der Waals surface area (Å²) in [4.78, 5) is 19.8. The van der Waals surface area contributed by atoms with E-state index in [1.807, 2.05) is 17.0 Å². The third kappa shape index (κ3) is 6.56. The Morgan fingerprint density at radius 1 is 1.00 bits per heavy atom. The molecule has 1 saturated heterocycles. The van der Waals surface area contributed by atoms with Crippen LogP contribution in [0, 0.1) is 11.6 Å². The molecule has 3 N–H and O–H groups in total. The van der Waals surface area contributed by atoms with Crippen molar-refractivity contribution in [1.82, 2.24) is 14.9 Å². The molecule has 1 aliphatic carbocycles. The van der Waals surface area contributed by atoms with Crippen molar-refractivity contribution in [2.75, 3.05) is 36.0 Å². The van der Waals surface area contributed by atoms with E-state index in [0.29, 0.717) is 43.8 Å². The van der Waals surface area contributed by atoms with Gasteiger partial charge in [0.25, 0.3) is 5.56 Å². The number of benzene rings is 2. The van der Waals surface area contributed by atoms with Gasteiger partial charge < -0.3 is 14.8 Å². The van der Waals surface area contributed by atoms with E-state index in [0.717, 1.165) is 36.2 Å². The molecule has 3 aromatic rings. The fourth-order valence-electron chi connectivity index (χ4n) is 4.80. The number of aryl methyl sites for hydroxylation is 1. The molecule has 7 nitrogen and oxygen atoms in total. The van der Waals surface area contributed by atoms with Gasteiger partial charge in [0.05, 0.1) is 23.7 Å². The van der Waals surface area contributed by atoms with Gasteiger partial charge in [-0.15, -0.1) is 0 Å². The maximum atomic E-state index is 13.4. The molecule has 0 amide bonds. The SMILES string of the molecule is O=c1c(N2CCS(O)(O)CC2)nc(CCCN[C@@H]2C[C@H]2c2ccc(F)cc2)cn1Cc1ccc(F)cc1. The Morgan fingerprint density at radius 3 is 2.32 bits per heavy atom. The normalized spacial score (nSPS) is 21.6. The van der Waals surface area contributed by atoms with Gasteiger partial charge in [0.2, 0.25) is 0 Å². The predicted molar refractivity (Wildman–Crippen MR) is 143 cm³/mol. The Morgan fingerprint density at radius 2 is 1.65 bits per heavy atom. The van der Waals surface area contributed by atoms with Crippen LogP contribution < -0.4 is 15.8 Å². The number of hydrogen-bond acceptors (Lipinski definition) is 6. The second-order valence-corrected chi connectivity index (χ2v) is 12.3. The molecular formula is C27H32F2N4O3S. The zero-order chi connectivity index (χ0) is 26.0. The Balaban J connectivity index is 1.25. The average molecular weight is 531 g/mol. The topological polar surface area (TPSA) is 90.6 Å². The summed E-state index contributed by atoms with van der Waals surface area (Å²) in [5, 5.41) is 3.56. The molecule has 37 heavy (non-hydrogen) atoms. The maximum Gasteiger partial charge on any atom is 0.293 e. The zero-order valence-electron chi connectivity index (χ0n) is 20.5. The molecule has 1 saturated carbocycles. The van der Waals surface area contributed by atoms with E-state index in [9.17, 15) is 22.7 Å². The van der Waals surface area contributed by atoms with Crippen LogP contribution in [0.25, 0.3) is 0 Å². The summed E-state index contributed by atoms with van der Waals surface area (Å²) >= 11 is 0. The number of nitrogens with zero attached hydrogens (tertiary/aromatic N) is 3. The van der Waals surface area contributed by atoms with Crippen LogP contribution in [-0.4, -0.2) is 55.8 Å². The molecular weight excluding hydrogens is 498 g/mol. The molecule has 2 aromatic carbocycles. The summed E-state index contributed by atoms with van der Waals surface area (Å²) in [7, 11) is -2.60. The van der Waals surface area contributed by atoms with Crippen molar-refractivity contribution in [3.8, 4) is 0 Å². The summed E-state index contributed by atoms with van der Waals surface area (Å²) in [6.07, 6.45) is 4.30. The van der Waals surface area contributed by atoms with Crippen LogP contribution in [0.15, 0.2) is 59.5 Å². The average Bonchev–Trinajstić information content (AvgIpc) is 3.65. The first-order chi connectivity index (χ1) is 17.8. The minimum Gasteiger partial charge on any atom is -0.349 e. The molecule has 0 bridgehead atoms. The molecule has 2 heterocycles. The van der Waals surface area contributed by atoms with Gasteiger partial charge in [-0.25, -0.2) is 13.8 Å². The standard InChI is InChI=1S/C27H32F2N4O3S/c28-21-7-3-19(4-8-21)17-33-18-23(31-26(27(33)34)32-12-14-37(35,36)15-13-32)2-1-11-30-25-16-24(25)20-5-9-22(29)10-6-20/h3-10,18,24-25,30,35-36H,1-2,11-17H2/t24-,25+/m0/s1. The van der Waals surface area contributed by atoms with Crippen molar-refractivity contribution in [2.24, 2.45) is 0 Å². The number of nitrogens with one attached hydrogen (secondary N) is 1. The summed E-state index contributed by atoms with van der Waals surface area (Å²) in [5.74, 6) is 0.618. The third-order valence-electron chi connectivity index (χ3n) is 7.05. The van der Waals surface area contributed by atoms with E-state index in [4.69, 9.17) is 0 Å². The number of hydrogen-bond donors (Lipinski definition) is 3. The van der Waals surface area contributed by atoms with E-state index in [2.05, 4.69) is 10.3 Å². The lowest BCUT2D eigenvalue weighted by Crippen LogP contribution is -2.42. The lowest BCUT2D eigenvalue weighted by atomic mass is 10.1. The van der Waals surface area contributed by atoms with Crippen molar-refractivity contribution < 1.29 is 17.9 Å². The quantitative estimate of drug-likeness (QED) is 0.359. The Bertz CT molecular complexity index is 1270. The van der Waals surface area contributed by atoms with E-state index >= 15 is 0 Å². The largest absolute Gasteiger partial charge is 0.349 e. The molecule has 5 rings (SSSR count). The number of rotatable bonds is 9. The molecule has 10 heteroatoms. The van der Waals surface area contributed by atoms with Crippen molar-refractivity contribution >= 4 is 16.4 Å². The first-order valence-electron chi connectivity index (χ1n) is 12.6. The van der Waals surface area contributed by atoms with Gasteiger partial charge in [0.1, 0.15) is 11.6 Å². The molecule has 2 atom stereocenters. The molecule has 198 valence electrons. The number of anilines is 1. The fourth-order valence-corrected chi connectivity index (χ4v) is 6.03. The van der Waals surface area contributed by atoms with Gasteiger partial charge in [0.15, 0.2) is 5.82 Å². The third-order valence-corrected chi connectivity index (χ3v) is 8.73. The van der Waals surface area contributed by atoms with Gasteiger partial charge in [-0.2, -0.15) is 10.6 Å². The molecule has 0 radical (unpaired) electrons. The summed E-state index contributed by atoms with van der Waals surface area (Å²) in [5.41, 5.74) is 2.49. The van der Waals surface area contributed by atoms with E-state index in [-0.39, 0.29) is 28.7 Å². The van der Waals surface area contributed by atoms with Crippen LogP contribution in [0.3, 0.4) is 0 Å². The zero-order valence-corrected chi connectivity index (χ0v) is 21.3. The Hall–Kier alpha value is -2.79. The lowest BCUT2D eigenvalue weighted by Gasteiger charge is -2.41. The van der Waals surface area contributed by atoms with Crippen molar-refractivity contribution in [3.05, 3.63) is 93.5 Å². The second kappa shape index (κ2) is 10.9. The van der Waals surface area contributed by atoms with Gasteiger partial charge in [-0.3, -0.25) is 13.9 Å². The van der Waals surface area contributed by atoms with Crippen molar-refractivity contribution in [1.29, 1.82) is 0 Å². The number of aromatic nitrogens is 2. The van der Waals surface area contributed by atoms with Crippen LogP contribution in [0.5, 0.6) is 0 Å². The Kier molecular flexibility index (Phi) is 7.62. The van der Waals surface area contributed by atoms with Crippen LogP contribution in [-0.2, 0) is 13.0 Å². The summed E-state index contributed by atoms with van der Waals surface area (Å²) in [6, 6.07) is 13.1. The molecule has 0 unspecified atom stereocenters. The second-order valence-electron chi connectivity index (χ2n) is 9.87. The fraction of sp³-hybridized carbons (Fsp3) is 0.407. The predicted octanol–water partition coefficient (Wildman–Crippen LogP) is 4.22. The monoisotopic (exact) mass is 530 g/mol.